The molecule has 5 nitrogen and oxygen atoms in total. The van der Waals surface area contributed by atoms with Crippen molar-refractivity contribution in [2.75, 3.05) is 6.54 Å². The van der Waals surface area contributed by atoms with Crippen LogP contribution < -0.4 is 5.76 Å². The largest absolute Gasteiger partial charge is 0.420 e. The van der Waals surface area contributed by atoms with Crippen molar-refractivity contribution in [1.29, 1.82) is 0 Å². The van der Waals surface area contributed by atoms with E-state index < -0.39 is 5.76 Å². The van der Waals surface area contributed by atoms with E-state index in [4.69, 9.17) is 16.0 Å². The highest BCUT2D eigenvalue weighted by molar-refractivity contribution is 6.30. The molecular weight excluding hydrogens is 340 g/mol. The molecule has 2 aromatic carbocycles. The van der Waals surface area contributed by atoms with Crippen LogP contribution in [0, 0.1) is 0 Å². The van der Waals surface area contributed by atoms with Gasteiger partial charge in [-0.3, -0.25) is 9.36 Å². The third kappa shape index (κ3) is 2.96. The molecule has 1 aliphatic rings. The molecule has 1 aliphatic heterocycles. The summed E-state index contributed by atoms with van der Waals surface area (Å²) < 4.78 is 6.60. The first-order valence-corrected chi connectivity index (χ1v) is 8.64. The number of rotatable bonds is 3. The molecule has 0 N–H and O–H groups in total. The minimum atomic E-state index is -0.506. The summed E-state index contributed by atoms with van der Waals surface area (Å²) in [5, 5.41) is 0.661. The van der Waals surface area contributed by atoms with Gasteiger partial charge in [0.15, 0.2) is 5.58 Å². The van der Waals surface area contributed by atoms with E-state index in [1.807, 2.05) is 35.2 Å². The summed E-state index contributed by atoms with van der Waals surface area (Å²) in [4.78, 5) is 26.8. The van der Waals surface area contributed by atoms with Crippen LogP contribution in [-0.2, 0) is 11.3 Å². The molecule has 6 heteroatoms. The number of carbonyl (C=O) groups excluding carboxylic acids is 1. The Morgan fingerprint density at radius 3 is 2.88 bits per heavy atom. The second kappa shape index (κ2) is 6.41. The first kappa shape index (κ1) is 16.0. The molecule has 3 aromatic rings. The number of benzene rings is 2. The lowest BCUT2D eigenvalue weighted by Gasteiger charge is -2.25. The van der Waals surface area contributed by atoms with Crippen LogP contribution in [0.15, 0.2) is 57.7 Å². The minimum Gasteiger partial charge on any atom is -0.408 e. The van der Waals surface area contributed by atoms with E-state index in [9.17, 15) is 9.59 Å². The Hall–Kier alpha value is -2.53. The molecule has 0 aliphatic carbocycles. The second-order valence-electron chi connectivity index (χ2n) is 6.22. The van der Waals surface area contributed by atoms with Gasteiger partial charge in [0.1, 0.15) is 6.54 Å². The predicted molar refractivity (Wildman–Crippen MR) is 95.6 cm³/mol. The van der Waals surface area contributed by atoms with E-state index >= 15 is 0 Å². The molecule has 0 spiro atoms. The van der Waals surface area contributed by atoms with Crippen LogP contribution in [0.3, 0.4) is 0 Å². The van der Waals surface area contributed by atoms with Gasteiger partial charge in [-0.2, -0.15) is 0 Å². The summed E-state index contributed by atoms with van der Waals surface area (Å²) >= 11 is 6.09. The van der Waals surface area contributed by atoms with E-state index in [0.29, 0.717) is 22.7 Å². The normalized spacial score (nSPS) is 17.3. The van der Waals surface area contributed by atoms with Crippen molar-refractivity contribution in [3.63, 3.8) is 0 Å². The number of aromatic nitrogens is 1. The van der Waals surface area contributed by atoms with Gasteiger partial charge in [-0.05, 0) is 42.7 Å². The molecule has 2 heterocycles. The van der Waals surface area contributed by atoms with Gasteiger partial charge in [-0.25, -0.2) is 4.79 Å². The number of likely N-dealkylation sites (tertiary alicyclic amines) is 1. The Labute approximate surface area is 149 Å². The first-order chi connectivity index (χ1) is 12.1. The number of fused-ring (bicyclic) bond motifs is 1. The number of hydrogen-bond acceptors (Lipinski definition) is 3. The van der Waals surface area contributed by atoms with Crippen LogP contribution in [0.4, 0.5) is 0 Å². The second-order valence-corrected chi connectivity index (χ2v) is 6.66. The number of hydrogen-bond donors (Lipinski definition) is 0. The summed E-state index contributed by atoms with van der Waals surface area (Å²) in [5.41, 5.74) is 2.16. The van der Waals surface area contributed by atoms with Gasteiger partial charge in [0.25, 0.3) is 0 Å². The van der Waals surface area contributed by atoms with Crippen molar-refractivity contribution in [1.82, 2.24) is 9.47 Å². The first-order valence-electron chi connectivity index (χ1n) is 8.27. The SMILES string of the molecule is O=C(Cn1c(=O)oc2ccccc21)N1CCCC1c1cccc(Cl)c1. The van der Waals surface area contributed by atoms with Crippen LogP contribution in [0.5, 0.6) is 0 Å². The standard InChI is InChI=1S/C19H17ClN2O3/c20-14-6-3-5-13(11-14)15-8-4-10-21(15)18(23)12-22-16-7-1-2-9-17(16)25-19(22)24/h1-3,5-7,9,11,15H,4,8,10,12H2. The molecule has 1 saturated heterocycles. The van der Waals surface area contributed by atoms with E-state index in [0.717, 1.165) is 18.4 Å². The Kier molecular flexibility index (Phi) is 4.09. The molecule has 1 unspecified atom stereocenters. The number of nitrogens with zero attached hydrogens (tertiary/aromatic N) is 2. The zero-order chi connectivity index (χ0) is 17.4. The lowest BCUT2D eigenvalue weighted by Crippen LogP contribution is -2.35. The maximum absolute atomic E-state index is 12.9. The van der Waals surface area contributed by atoms with Gasteiger partial charge in [0.2, 0.25) is 5.91 Å². The van der Waals surface area contributed by atoms with E-state index in [-0.39, 0.29) is 18.5 Å². The lowest BCUT2D eigenvalue weighted by molar-refractivity contribution is -0.132. The van der Waals surface area contributed by atoms with Crippen LogP contribution >= 0.6 is 11.6 Å². The molecule has 25 heavy (non-hydrogen) atoms. The molecule has 0 saturated carbocycles. The average Bonchev–Trinajstić information content (AvgIpc) is 3.20. The van der Waals surface area contributed by atoms with Crippen LogP contribution in [-0.4, -0.2) is 21.9 Å². The summed E-state index contributed by atoms with van der Waals surface area (Å²) in [7, 11) is 0. The molecule has 0 bridgehead atoms. The van der Waals surface area contributed by atoms with Gasteiger partial charge in [0.05, 0.1) is 11.6 Å². The fourth-order valence-corrected chi connectivity index (χ4v) is 3.71. The molecule has 128 valence electrons. The average molecular weight is 357 g/mol. The van der Waals surface area contributed by atoms with Crippen molar-refractivity contribution in [3.8, 4) is 0 Å². The van der Waals surface area contributed by atoms with Crippen molar-refractivity contribution < 1.29 is 9.21 Å². The molecule has 1 atom stereocenters. The van der Waals surface area contributed by atoms with Gasteiger partial charge in [0, 0.05) is 11.6 Å². The Bertz CT molecular complexity index is 991. The number of halogens is 1. The topological polar surface area (TPSA) is 55.5 Å². The minimum absolute atomic E-state index is 0.0000623. The van der Waals surface area contributed by atoms with Gasteiger partial charge in [-0.15, -0.1) is 0 Å². The Balaban J connectivity index is 1.62. The maximum atomic E-state index is 12.9. The van der Waals surface area contributed by atoms with Crippen molar-refractivity contribution >= 4 is 28.6 Å². The van der Waals surface area contributed by atoms with E-state index in [2.05, 4.69) is 0 Å². The fourth-order valence-electron chi connectivity index (χ4n) is 3.52. The van der Waals surface area contributed by atoms with Crippen molar-refractivity contribution in [3.05, 3.63) is 69.7 Å². The van der Waals surface area contributed by atoms with E-state index in [1.165, 1.54) is 4.57 Å². The van der Waals surface area contributed by atoms with Crippen LogP contribution in [0.2, 0.25) is 5.02 Å². The van der Waals surface area contributed by atoms with Gasteiger partial charge >= 0.3 is 5.76 Å². The number of oxazole rings is 1. The number of carbonyl (C=O) groups is 1. The summed E-state index contributed by atoms with van der Waals surface area (Å²) in [5.74, 6) is -0.593. The third-order valence-electron chi connectivity index (χ3n) is 4.67. The van der Waals surface area contributed by atoms with Gasteiger partial charge < -0.3 is 9.32 Å². The summed E-state index contributed by atoms with van der Waals surface area (Å²) in [6, 6.07) is 14.7. The highest BCUT2D eigenvalue weighted by atomic mass is 35.5. The molecular formula is C19H17ClN2O3. The molecule has 4 rings (SSSR count). The Morgan fingerprint density at radius 2 is 2.04 bits per heavy atom. The maximum Gasteiger partial charge on any atom is 0.420 e. The van der Waals surface area contributed by atoms with Gasteiger partial charge in [-0.1, -0.05) is 35.9 Å². The number of amides is 1. The highest BCUT2D eigenvalue weighted by Gasteiger charge is 2.30. The molecule has 1 amide bonds. The van der Waals surface area contributed by atoms with Crippen LogP contribution in [0.25, 0.3) is 11.1 Å². The number of para-hydroxylation sites is 2. The fraction of sp³-hybridized carbons (Fsp3) is 0.263. The smallest absolute Gasteiger partial charge is 0.408 e. The van der Waals surface area contributed by atoms with E-state index in [1.54, 1.807) is 18.2 Å². The Morgan fingerprint density at radius 1 is 1.20 bits per heavy atom. The van der Waals surface area contributed by atoms with Crippen molar-refractivity contribution in [2.45, 2.75) is 25.4 Å². The zero-order valence-corrected chi connectivity index (χ0v) is 14.3. The lowest BCUT2D eigenvalue weighted by atomic mass is 10.0. The van der Waals surface area contributed by atoms with Crippen molar-refractivity contribution in [2.24, 2.45) is 0 Å². The summed E-state index contributed by atoms with van der Waals surface area (Å²) in [6.45, 7) is 0.660. The summed E-state index contributed by atoms with van der Waals surface area (Å²) in [6.07, 6.45) is 1.83. The van der Waals surface area contributed by atoms with Crippen LogP contribution in [0.1, 0.15) is 24.4 Å². The monoisotopic (exact) mass is 356 g/mol. The highest BCUT2D eigenvalue weighted by Crippen LogP contribution is 2.33. The third-order valence-corrected chi connectivity index (χ3v) is 4.91. The molecule has 1 fully saturated rings. The quantitative estimate of drug-likeness (QED) is 0.720. The predicted octanol–water partition coefficient (Wildman–Crippen LogP) is 3.61. The zero-order valence-electron chi connectivity index (χ0n) is 13.5. The molecule has 0 radical (unpaired) electrons. The molecule has 1 aromatic heterocycles.